The van der Waals surface area contributed by atoms with Gasteiger partial charge < -0.3 is 9.51 Å². The van der Waals surface area contributed by atoms with Gasteiger partial charge in [0, 0.05) is 29.5 Å². The Kier molecular flexibility index (Phi) is 3.33. The van der Waals surface area contributed by atoms with Gasteiger partial charge in [-0.15, -0.1) is 0 Å². The van der Waals surface area contributed by atoms with Gasteiger partial charge in [0.25, 0.3) is 10.0 Å². The zero-order valence-corrected chi connectivity index (χ0v) is 14.8. The molecule has 0 bridgehead atoms. The van der Waals surface area contributed by atoms with Crippen molar-refractivity contribution in [3.05, 3.63) is 48.0 Å². The number of sulfonamides is 1. The molecule has 3 heterocycles. The van der Waals surface area contributed by atoms with Crippen LogP contribution in [0.2, 0.25) is 0 Å². The highest BCUT2D eigenvalue weighted by molar-refractivity contribution is 7.92. The first-order valence-electron chi connectivity index (χ1n) is 7.68. The van der Waals surface area contributed by atoms with Gasteiger partial charge in [-0.2, -0.15) is 0 Å². The minimum atomic E-state index is -3.76. The number of anilines is 1. The van der Waals surface area contributed by atoms with Crippen LogP contribution in [0.25, 0.3) is 21.9 Å². The number of aryl methyl sites for hydroxylation is 2. The molecule has 8 heteroatoms. The summed E-state index contributed by atoms with van der Waals surface area (Å²) in [5.41, 5.74) is 2.57. The van der Waals surface area contributed by atoms with Crippen LogP contribution in [0.4, 0.5) is 5.69 Å². The molecule has 0 aliphatic heterocycles. The van der Waals surface area contributed by atoms with Crippen LogP contribution in [-0.4, -0.2) is 30.6 Å². The zero-order valence-electron chi connectivity index (χ0n) is 13.9. The summed E-state index contributed by atoms with van der Waals surface area (Å²) in [4.78, 5) is 7.63. The van der Waals surface area contributed by atoms with Gasteiger partial charge >= 0.3 is 0 Å². The van der Waals surface area contributed by atoms with Gasteiger partial charge in [0.15, 0.2) is 10.7 Å². The largest absolute Gasteiger partial charge is 0.360 e. The molecular formula is C17H16N4O3S. The molecule has 25 heavy (non-hydrogen) atoms. The average Bonchev–Trinajstić information content (AvgIpc) is 3.13. The molecule has 0 aliphatic rings. The van der Waals surface area contributed by atoms with Crippen LogP contribution in [0, 0.1) is 13.8 Å². The van der Waals surface area contributed by atoms with Gasteiger partial charge in [-0.05, 0) is 44.2 Å². The first-order valence-corrected chi connectivity index (χ1v) is 9.12. The van der Waals surface area contributed by atoms with E-state index in [1.165, 1.54) is 11.4 Å². The fourth-order valence-electron chi connectivity index (χ4n) is 3.03. The van der Waals surface area contributed by atoms with Crippen LogP contribution in [0.15, 0.2) is 45.9 Å². The summed E-state index contributed by atoms with van der Waals surface area (Å²) in [6, 6.07) is 9.26. The quantitative estimate of drug-likeness (QED) is 0.609. The monoisotopic (exact) mass is 356 g/mol. The first-order chi connectivity index (χ1) is 11.9. The maximum Gasteiger partial charge on any atom is 0.269 e. The van der Waals surface area contributed by atoms with Crippen molar-refractivity contribution in [1.29, 1.82) is 0 Å². The van der Waals surface area contributed by atoms with Crippen LogP contribution in [-0.2, 0) is 10.0 Å². The lowest BCUT2D eigenvalue weighted by molar-refractivity contribution is 0.390. The van der Waals surface area contributed by atoms with Crippen molar-refractivity contribution in [2.75, 3.05) is 11.4 Å². The van der Waals surface area contributed by atoms with Gasteiger partial charge in [0.2, 0.25) is 0 Å². The van der Waals surface area contributed by atoms with Crippen LogP contribution >= 0.6 is 0 Å². The summed E-state index contributed by atoms with van der Waals surface area (Å²) < 4.78 is 32.2. The van der Waals surface area contributed by atoms with Crippen LogP contribution < -0.4 is 4.31 Å². The molecule has 7 nitrogen and oxygen atoms in total. The highest BCUT2D eigenvalue weighted by atomic mass is 32.2. The molecule has 0 unspecified atom stereocenters. The number of H-pyrrole nitrogens is 1. The molecule has 3 aromatic heterocycles. The van der Waals surface area contributed by atoms with Crippen molar-refractivity contribution in [1.82, 2.24) is 15.1 Å². The predicted octanol–water partition coefficient (Wildman–Crippen LogP) is 3.15. The van der Waals surface area contributed by atoms with Gasteiger partial charge in [0.05, 0.1) is 5.69 Å². The summed E-state index contributed by atoms with van der Waals surface area (Å²) >= 11 is 0. The van der Waals surface area contributed by atoms with E-state index in [2.05, 4.69) is 15.1 Å². The van der Waals surface area contributed by atoms with Crippen molar-refractivity contribution in [2.45, 2.75) is 18.7 Å². The lowest BCUT2D eigenvalue weighted by Crippen LogP contribution is -2.27. The third kappa shape index (κ3) is 2.29. The van der Waals surface area contributed by atoms with Gasteiger partial charge in [-0.1, -0.05) is 5.16 Å². The fourth-order valence-corrected chi connectivity index (χ4v) is 4.50. The third-order valence-corrected chi connectivity index (χ3v) is 6.33. The number of benzene rings is 1. The zero-order chi connectivity index (χ0) is 17.8. The number of hydrogen-bond acceptors (Lipinski definition) is 5. The molecular weight excluding hydrogens is 340 g/mol. The van der Waals surface area contributed by atoms with E-state index in [-0.39, 0.29) is 10.7 Å². The number of nitrogens with one attached hydrogen (secondary N) is 1. The second kappa shape index (κ2) is 5.32. The van der Waals surface area contributed by atoms with Crippen molar-refractivity contribution in [2.24, 2.45) is 0 Å². The maximum absolute atomic E-state index is 13.0. The summed E-state index contributed by atoms with van der Waals surface area (Å²) in [5.74, 6) is 0.279. The molecule has 0 fully saturated rings. The maximum atomic E-state index is 13.0. The first kappa shape index (κ1) is 15.6. The van der Waals surface area contributed by atoms with E-state index in [1.54, 1.807) is 26.1 Å². The highest BCUT2D eigenvalue weighted by Crippen LogP contribution is 2.31. The van der Waals surface area contributed by atoms with Crippen molar-refractivity contribution < 1.29 is 12.9 Å². The minimum Gasteiger partial charge on any atom is -0.360 e. The summed E-state index contributed by atoms with van der Waals surface area (Å²) in [6.45, 7) is 3.21. The molecule has 1 N–H and O–H groups in total. The lowest BCUT2D eigenvalue weighted by Gasteiger charge is -2.19. The molecule has 4 aromatic rings. The number of pyridine rings is 1. The van der Waals surface area contributed by atoms with Gasteiger partial charge in [-0.25, -0.2) is 13.4 Å². The number of fused-ring (bicyclic) bond motifs is 3. The SMILES string of the molecule is Cc1noc(C)c1S(=O)(=O)N(C)c1ccc2[nH]c3ncccc3c2c1. The van der Waals surface area contributed by atoms with Crippen LogP contribution in [0.3, 0.4) is 0 Å². The van der Waals surface area contributed by atoms with Crippen molar-refractivity contribution >= 4 is 37.6 Å². The number of rotatable bonds is 3. The van der Waals surface area contributed by atoms with E-state index in [0.29, 0.717) is 11.4 Å². The third-order valence-electron chi connectivity index (χ3n) is 4.30. The minimum absolute atomic E-state index is 0.107. The normalized spacial score (nSPS) is 12.1. The van der Waals surface area contributed by atoms with E-state index in [4.69, 9.17) is 4.52 Å². The Labute approximate surface area is 144 Å². The van der Waals surface area contributed by atoms with E-state index in [9.17, 15) is 8.42 Å². The van der Waals surface area contributed by atoms with E-state index >= 15 is 0 Å². The number of hydrogen-bond donors (Lipinski definition) is 1. The lowest BCUT2D eigenvalue weighted by atomic mass is 10.2. The number of aromatic amines is 1. The van der Waals surface area contributed by atoms with Gasteiger partial charge in [-0.3, -0.25) is 4.31 Å². The standard InChI is InChI=1S/C17H16N4O3S/c1-10-16(11(2)24-20-10)25(22,23)21(3)12-6-7-15-14(9-12)13-5-4-8-18-17(13)19-15/h4-9H,1-3H3,(H,18,19). The molecule has 0 saturated heterocycles. The molecule has 1 aromatic carbocycles. The van der Waals surface area contributed by atoms with Crippen LogP contribution in [0.1, 0.15) is 11.5 Å². The van der Waals surface area contributed by atoms with E-state index < -0.39 is 10.0 Å². The topological polar surface area (TPSA) is 92.1 Å². The fraction of sp³-hybridized carbons (Fsp3) is 0.176. The molecule has 0 aliphatic carbocycles. The van der Waals surface area contributed by atoms with E-state index in [1.807, 2.05) is 24.3 Å². The van der Waals surface area contributed by atoms with Gasteiger partial charge in [0.1, 0.15) is 11.3 Å². The van der Waals surface area contributed by atoms with Crippen molar-refractivity contribution in [3.8, 4) is 0 Å². The second-order valence-corrected chi connectivity index (χ2v) is 7.79. The summed E-state index contributed by atoms with van der Waals surface area (Å²) in [7, 11) is -2.24. The number of nitrogens with zero attached hydrogens (tertiary/aromatic N) is 3. The Bertz CT molecular complexity index is 1190. The molecule has 4 rings (SSSR count). The molecule has 0 atom stereocenters. The summed E-state index contributed by atoms with van der Waals surface area (Å²) in [5, 5.41) is 5.61. The molecule has 0 amide bonds. The Morgan fingerprint density at radius 1 is 1.16 bits per heavy atom. The average molecular weight is 356 g/mol. The Balaban J connectivity index is 1.87. The van der Waals surface area contributed by atoms with Crippen LogP contribution in [0.5, 0.6) is 0 Å². The molecule has 0 saturated carbocycles. The van der Waals surface area contributed by atoms with E-state index in [0.717, 1.165) is 21.9 Å². The number of aromatic nitrogens is 3. The Hall–Kier alpha value is -2.87. The molecule has 128 valence electrons. The summed E-state index contributed by atoms with van der Waals surface area (Å²) in [6.07, 6.45) is 1.71. The molecule has 0 spiro atoms. The smallest absolute Gasteiger partial charge is 0.269 e. The molecule has 0 radical (unpaired) electrons. The Morgan fingerprint density at radius 2 is 1.96 bits per heavy atom. The Morgan fingerprint density at radius 3 is 2.68 bits per heavy atom. The highest BCUT2D eigenvalue weighted by Gasteiger charge is 2.29. The van der Waals surface area contributed by atoms with Crippen molar-refractivity contribution in [3.63, 3.8) is 0 Å². The second-order valence-electron chi connectivity index (χ2n) is 5.88. The predicted molar refractivity (Wildman–Crippen MR) is 95.2 cm³/mol.